The minimum absolute atomic E-state index is 0.0187. The van der Waals surface area contributed by atoms with E-state index < -0.39 is 18.0 Å². The fourth-order valence-electron chi connectivity index (χ4n) is 3.46. The van der Waals surface area contributed by atoms with E-state index in [2.05, 4.69) is 0 Å². The first-order valence-electron chi connectivity index (χ1n) is 9.79. The summed E-state index contributed by atoms with van der Waals surface area (Å²) in [6, 6.07) is 20.0. The van der Waals surface area contributed by atoms with Crippen LogP contribution in [0.5, 0.6) is 5.75 Å². The molecule has 3 aromatic carbocycles. The van der Waals surface area contributed by atoms with Gasteiger partial charge in [-0.3, -0.25) is 0 Å². The van der Waals surface area contributed by atoms with E-state index >= 15 is 0 Å². The molecule has 0 bridgehead atoms. The quantitative estimate of drug-likeness (QED) is 0.438. The highest BCUT2D eigenvalue weighted by Crippen LogP contribution is 2.32. The molecule has 2 amide bonds. The average Bonchev–Trinajstić information content (AvgIpc) is 3.21. The molecule has 0 fully saturated rings. The zero-order chi connectivity index (χ0) is 22.0. The summed E-state index contributed by atoms with van der Waals surface area (Å²) >= 11 is 1.54. The van der Waals surface area contributed by atoms with E-state index in [1.165, 1.54) is 11.3 Å². The van der Waals surface area contributed by atoms with Crippen LogP contribution in [0.1, 0.15) is 23.4 Å². The topological polar surface area (TPSA) is 81.9 Å². The number of carbonyl (C=O) groups is 2. The van der Waals surface area contributed by atoms with Crippen LogP contribution in [0, 0.1) is 0 Å². The van der Waals surface area contributed by atoms with Gasteiger partial charge in [0.25, 0.3) is 0 Å². The molecule has 31 heavy (non-hydrogen) atoms. The number of hydroxylamine groups is 2. The second kappa shape index (κ2) is 8.65. The van der Waals surface area contributed by atoms with Gasteiger partial charge in [-0.05, 0) is 52.9 Å². The van der Waals surface area contributed by atoms with Gasteiger partial charge < -0.3 is 15.3 Å². The third kappa shape index (κ3) is 4.46. The molecule has 4 rings (SSSR count). The minimum atomic E-state index is -0.816. The van der Waals surface area contributed by atoms with Gasteiger partial charge in [0.2, 0.25) is 0 Å². The molecule has 1 atom stereocenters. The van der Waals surface area contributed by atoms with Crippen molar-refractivity contribution >= 4 is 44.2 Å². The number of primary amides is 1. The maximum Gasteiger partial charge on any atom is 0.348 e. The van der Waals surface area contributed by atoms with Gasteiger partial charge in [-0.25, -0.2) is 9.59 Å². The van der Waals surface area contributed by atoms with Crippen molar-refractivity contribution in [3.63, 3.8) is 0 Å². The van der Waals surface area contributed by atoms with Crippen LogP contribution in [-0.2, 0) is 16.1 Å². The van der Waals surface area contributed by atoms with Gasteiger partial charge >= 0.3 is 12.0 Å². The minimum Gasteiger partial charge on any atom is -0.497 e. The molecule has 0 aliphatic heterocycles. The monoisotopic (exact) mass is 434 g/mol. The van der Waals surface area contributed by atoms with Crippen LogP contribution in [0.25, 0.3) is 20.9 Å². The van der Waals surface area contributed by atoms with E-state index in [4.69, 9.17) is 15.3 Å². The summed E-state index contributed by atoms with van der Waals surface area (Å²) in [6.45, 7) is 1.78. The molecule has 0 spiro atoms. The Labute approximate surface area is 183 Å². The molecule has 7 heteroatoms. The number of amides is 2. The van der Waals surface area contributed by atoms with Crippen LogP contribution in [-0.4, -0.2) is 24.2 Å². The largest absolute Gasteiger partial charge is 0.497 e. The van der Waals surface area contributed by atoms with E-state index in [1.54, 1.807) is 14.0 Å². The second-order valence-corrected chi connectivity index (χ2v) is 8.33. The zero-order valence-electron chi connectivity index (χ0n) is 17.2. The number of ether oxygens (including phenoxy) is 1. The fraction of sp³-hybridized carbons (Fsp3) is 0.167. The summed E-state index contributed by atoms with van der Waals surface area (Å²) < 4.78 is 6.33. The Hall–Kier alpha value is -3.58. The Balaban J connectivity index is 1.49. The van der Waals surface area contributed by atoms with E-state index in [1.807, 2.05) is 66.7 Å². The van der Waals surface area contributed by atoms with Gasteiger partial charge in [0, 0.05) is 9.58 Å². The number of nitrogens with zero attached hydrogens (tertiary/aromatic N) is 1. The van der Waals surface area contributed by atoms with Crippen molar-refractivity contribution in [3.8, 4) is 5.75 Å². The van der Waals surface area contributed by atoms with Crippen LogP contribution in [0.3, 0.4) is 0 Å². The van der Waals surface area contributed by atoms with Crippen molar-refractivity contribution in [1.82, 2.24) is 5.06 Å². The standard InChI is InChI=1S/C24H22N2O4S/c1-15(22-14-19-5-3-4-6-21(19)31-22)26(24(25)28)30-23(27)12-16-7-8-18-13-20(29-2)10-9-17(18)11-16/h3-11,13-15H,12H2,1-2H3,(H2,25,28). The van der Waals surface area contributed by atoms with Gasteiger partial charge in [-0.1, -0.05) is 42.5 Å². The van der Waals surface area contributed by atoms with Gasteiger partial charge in [-0.15, -0.1) is 16.4 Å². The van der Waals surface area contributed by atoms with Crippen molar-refractivity contribution in [3.05, 3.63) is 77.2 Å². The van der Waals surface area contributed by atoms with Crippen LogP contribution >= 0.6 is 11.3 Å². The van der Waals surface area contributed by atoms with Gasteiger partial charge in [0.15, 0.2) is 0 Å². The van der Waals surface area contributed by atoms with Crippen LogP contribution < -0.4 is 10.5 Å². The molecule has 0 aliphatic carbocycles. The van der Waals surface area contributed by atoms with Crippen molar-refractivity contribution in [2.45, 2.75) is 19.4 Å². The number of fused-ring (bicyclic) bond motifs is 2. The summed E-state index contributed by atoms with van der Waals surface area (Å²) in [5, 5.41) is 4.00. The molecule has 0 saturated heterocycles. The Kier molecular flexibility index (Phi) is 5.77. The summed E-state index contributed by atoms with van der Waals surface area (Å²) in [6.07, 6.45) is 0.0187. The number of carbonyl (C=O) groups excluding carboxylic acids is 2. The maximum absolute atomic E-state index is 12.6. The van der Waals surface area contributed by atoms with Crippen molar-refractivity contribution in [2.75, 3.05) is 7.11 Å². The van der Waals surface area contributed by atoms with Crippen LogP contribution in [0.15, 0.2) is 66.7 Å². The molecular formula is C24H22N2O4S. The summed E-state index contributed by atoms with van der Waals surface area (Å²) in [5.74, 6) is 0.214. The Morgan fingerprint density at radius 1 is 1.00 bits per heavy atom. The summed E-state index contributed by atoms with van der Waals surface area (Å²) in [5.41, 5.74) is 6.29. The van der Waals surface area contributed by atoms with Gasteiger partial charge in [-0.2, -0.15) is 0 Å². The highest BCUT2D eigenvalue weighted by Gasteiger charge is 2.25. The lowest BCUT2D eigenvalue weighted by Gasteiger charge is -2.24. The SMILES string of the molecule is COc1ccc2cc(CC(=O)ON(C(N)=O)C(C)c3cc4ccccc4s3)ccc2c1. The smallest absolute Gasteiger partial charge is 0.348 e. The fourth-order valence-corrected chi connectivity index (χ4v) is 4.56. The lowest BCUT2D eigenvalue weighted by atomic mass is 10.0. The first-order chi connectivity index (χ1) is 14.9. The third-order valence-electron chi connectivity index (χ3n) is 5.09. The number of nitrogens with two attached hydrogens (primary N) is 1. The van der Waals surface area contributed by atoms with E-state index in [0.29, 0.717) is 0 Å². The molecular weight excluding hydrogens is 412 g/mol. The molecule has 0 radical (unpaired) electrons. The zero-order valence-corrected chi connectivity index (χ0v) is 18.0. The number of urea groups is 1. The molecule has 158 valence electrons. The predicted octanol–water partition coefficient (Wildman–Crippen LogP) is 5.21. The van der Waals surface area contributed by atoms with Gasteiger partial charge in [0.05, 0.1) is 13.5 Å². The molecule has 4 aromatic rings. The van der Waals surface area contributed by atoms with Crippen molar-refractivity contribution in [1.29, 1.82) is 0 Å². The number of methoxy groups -OCH3 is 1. The lowest BCUT2D eigenvalue weighted by Crippen LogP contribution is -2.39. The summed E-state index contributed by atoms with van der Waals surface area (Å²) in [7, 11) is 1.62. The lowest BCUT2D eigenvalue weighted by molar-refractivity contribution is -0.182. The van der Waals surface area contributed by atoms with Gasteiger partial charge in [0.1, 0.15) is 11.8 Å². The van der Waals surface area contributed by atoms with E-state index in [0.717, 1.165) is 42.1 Å². The molecule has 1 unspecified atom stereocenters. The number of hydrogen-bond donors (Lipinski definition) is 1. The molecule has 2 N–H and O–H groups in total. The number of thiophene rings is 1. The number of hydrogen-bond acceptors (Lipinski definition) is 5. The van der Waals surface area contributed by atoms with E-state index in [9.17, 15) is 9.59 Å². The highest BCUT2D eigenvalue weighted by atomic mass is 32.1. The molecule has 0 saturated carbocycles. The molecule has 1 heterocycles. The predicted molar refractivity (Wildman–Crippen MR) is 122 cm³/mol. The second-order valence-electron chi connectivity index (χ2n) is 7.21. The Morgan fingerprint density at radius 2 is 1.74 bits per heavy atom. The number of benzene rings is 3. The van der Waals surface area contributed by atoms with Crippen LogP contribution in [0.4, 0.5) is 4.79 Å². The van der Waals surface area contributed by atoms with Crippen molar-refractivity contribution in [2.24, 2.45) is 5.73 Å². The first kappa shape index (κ1) is 20.7. The average molecular weight is 435 g/mol. The van der Waals surface area contributed by atoms with Crippen molar-refractivity contribution < 1.29 is 19.2 Å². The number of rotatable bonds is 5. The highest BCUT2D eigenvalue weighted by molar-refractivity contribution is 7.19. The molecule has 0 aliphatic rings. The maximum atomic E-state index is 12.6. The summed E-state index contributed by atoms with van der Waals surface area (Å²) in [4.78, 5) is 30.9. The first-order valence-corrected chi connectivity index (χ1v) is 10.6. The molecule has 1 aromatic heterocycles. The van der Waals surface area contributed by atoms with Crippen LogP contribution in [0.2, 0.25) is 0 Å². The van der Waals surface area contributed by atoms with E-state index in [-0.39, 0.29) is 6.42 Å². The Bertz CT molecular complexity index is 1230. The Morgan fingerprint density at radius 3 is 2.48 bits per heavy atom. The normalized spacial score (nSPS) is 11.9. The molecule has 6 nitrogen and oxygen atoms in total. The third-order valence-corrected chi connectivity index (χ3v) is 6.37.